The van der Waals surface area contributed by atoms with Gasteiger partial charge in [-0.2, -0.15) is 0 Å². The smallest absolute Gasteiger partial charge is 0.335 e. The molecule has 0 atom stereocenters. The molecular formula is C29H38O2. The van der Waals surface area contributed by atoms with Crippen molar-refractivity contribution in [1.29, 1.82) is 0 Å². The molecule has 0 radical (unpaired) electrons. The normalized spacial score (nSPS) is 16.9. The molecular weight excluding hydrogens is 380 g/mol. The van der Waals surface area contributed by atoms with Gasteiger partial charge >= 0.3 is 5.97 Å². The van der Waals surface area contributed by atoms with Crippen molar-refractivity contribution in [2.24, 2.45) is 0 Å². The summed E-state index contributed by atoms with van der Waals surface area (Å²) >= 11 is 0. The van der Waals surface area contributed by atoms with Crippen LogP contribution in [-0.4, -0.2) is 11.1 Å². The summed E-state index contributed by atoms with van der Waals surface area (Å²) in [6, 6.07) is 12.0. The highest BCUT2D eigenvalue weighted by atomic mass is 16.4. The number of rotatable bonds is 8. The number of fused-ring (bicyclic) bond motifs is 1. The second-order valence-electron chi connectivity index (χ2n) is 10.4. The van der Waals surface area contributed by atoms with Gasteiger partial charge in [-0.25, -0.2) is 4.79 Å². The maximum atomic E-state index is 11.1. The predicted octanol–water partition coefficient (Wildman–Crippen LogP) is 8.03. The maximum Gasteiger partial charge on any atom is 0.335 e. The van der Waals surface area contributed by atoms with Crippen LogP contribution < -0.4 is 0 Å². The Hall–Kier alpha value is -2.35. The van der Waals surface area contributed by atoms with Crippen LogP contribution in [0.3, 0.4) is 0 Å². The Balaban J connectivity index is 1.98. The van der Waals surface area contributed by atoms with E-state index in [9.17, 15) is 4.79 Å². The number of hydrogen-bond acceptors (Lipinski definition) is 1. The summed E-state index contributed by atoms with van der Waals surface area (Å²) in [7, 11) is 0. The minimum atomic E-state index is -0.885. The van der Waals surface area contributed by atoms with Crippen molar-refractivity contribution in [3.05, 3.63) is 69.8 Å². The van der Waals surface area contributed by atoms with E-state index < -0.39 is 5.97 Å². The zero-order valence-electron chi connectivity index (χ0n) is 19.9. The topological polar surface area (TPSA) is 37.3 Å². The number of carboxylic acid groups (broad SMARTS) is 1. The van der Waals surface area contributed by atoms with Crippen molar-refractivity contribution < 1.29 is 9.90 Å². The van der Waals surface area contributed by atoms with E-state index in [1.807, 2.05) is 12.1 Å². The number of unbranched alkanes of at least 4 members (excludes halogenated alkanes) is 3. The average molecular weight is 419 g/mol. The third-order valence-corrected chi connectivity index (χ3v) is 7.03. The first-order valence-corrected chi connectivity index (χ1v) is 11.8. The third kappa shape index (κ3) is 5.47. The standard InChI is InChI=1S/C29H38O2/c1-6-7-8-9-10-23-19-25-26(29(4,5)18-17-28(25,2)3)20-24(23)16-13-21-11-14-22(15-12-21)27(30)31/h11-16,19-20H,6-10,17-18H2,1-5H3,(H,30,31)/b16-13+. The van der Waals surface area contributed by atoms with Gasteiger partial charge in [0.1, 0.15) is 0 Å². The van der Waals surface area contributed by atoms with E-state index in [1.54, 1.807) is 12.1 Å². The van der Waals surface area contributed by atoms with Crippen LogP contribution in [0.5, 0.6) is 0 Å². The summed E-state index contributed by atoms with van der Waals surface area (Å²) in [5.74, 6) is -0.885. The molecule has 0 heterocycles. The van der Waals surface area contributed by atoms with Gasteiger partial charge in [-0.15, -0.1) is 0 Å². The zero-order chi connectivity index (χ0) is 22.6. The second kappa shape index (κ2) is 9.42. The first kappa shape index (κ1) is 23.3. The lowest BCUT2D eigenvalue weighted by Gasteiger charge is -2.42. The minimum absolute atomic E-state index is 0.192. The molecule has 0 amide bonds. The Morgan fingerprint density at radius 1 is 0.903 bits per heavy atom. The molecule has 0 unspecified atom stereocenters. The fourth-order valence-corrected chi connectivity index (χ4v) is 4.71. The molecule has 0 saturated heterocycles. The summed E-state index contributed by atoms with van der Waals surface area (Å²) in [5.41, 5.74) is 7.53. The minimum Gasteiger partial charge on any atom is -0.478 e. The Bertz CT molecular complexity index is 945. The van der Waals surface area contributed by atoms with E-state index >= 15 is 0 Å². The lowest BCUT2D eigenvalue weighted by molar-refractivity contribution is 0.0697. The first-order valence-electron chi connectivity index (χ1n) is 11.8. The number of benzene rings is 2. The fraction of sp³-hybridized carbons (Fsp3) is 0.483. The lowest BCUT2D eigenvalue weighted by atomic mass is 9.62. The van der Waals surface area contributed by atoms with Crippen LogP contribution in [0.2, 0.25) is 0 Å². The highest BCUT2D eigenvalue weighted by Gasteiger charge is 2.37. The van der Waals surface area contributed by atoms with E-state index in [0.717, 1.165) is 12.0 Å². The highest BCUT2D eigenvalue weighted by molar-refractivity contribution is 5.88. The molecule has 0 spiro atoms. The van der Waals surface area contributed by atoms with Gasteiger partial charge in [0.05, 0.1) is 5.56 Å². The molecule has 1 aliphatic rings. The summed E-state index contributed by atoms with van der Waals surface area (Å²) in [4.78, 5) is 11.1. The monoisotopic (exact) mass is 418 g/mol. The van der Waals surface area contributed by atoms with Crippen LogP contribution in [0, 0.1) is 0 Å². The lowest BCUT2D eigenvalue weighted by Crippen LogP contribution is -2.34. The Labute approximate surface area is 188 Å². The molecule has 1 N–H and O–H groups in total. The van der Waals surface area contributed by atoms with E-state index in [-0.39, 0.29) is 10.8 Å². The highest BCUT2D eigenvalue weighted by Crippen LogP contribution is 2.46. The quantitative estimate of drug-likeness (QED) is 0.348. The molecule has 0 aromatic heterocycles. The van der Waals surface area contributed by atoms with Crippen molar-refractivity contribution in [1.82, 2.24) is 0 Å². The van der Waals surface area contributed by atoms with Gasteiger partial charge < -0.3 is 5.11 Å². The number of hydrogen-bond donors (Lipinski definition) is 1. The van der Waals surface area contributed by atoms with Crippen LogP contribution in [0.25, 0.3) is 12.2 Å². The molecule has 2 aromatic rings. The molecule has 3 rings (SSSR count). The van der Waals surface area contributed by atoms with Crippen LogP contribution in [0.15, 0.2) is 36.4 Å². The number of aryl methyl sites for hydroxylation is 1. The summed E-state index contributed by atoms with van der Waals surface area (Å²) in [6.07, 6.45) is 13.0. The summed E-state index contributed by atoms with van der Waals surface area (Å²) in [6.45, 7) is 11.8. The molecule has 2 aromatic carbocycles. The predicted molar refractivity (Wildman–Crippen MR) is 132 cm³/mol. The second-order valence-corrected chi connectivity index (χ2v) is 10.4. The summed E-state index contributed by atoms with van der Waals surface area (Å²) in [5, 5.41) is 9.13. The Kier molecular flexibility index (Phi) is 7.09. The van der Waals surface area contributed by atoms with Crippen LogP contribution in [0.4, 0.5) is 0 Å². The van der Waals surface area contributed by atoms with Gasteiger partial charge in [0.2, 0.25) is 0 Å². The van der Waals surface area contributed by atoms with Gasteiger partial charge in [0, 0.05) is 0 Å². The van der Waals surface area contributed by atoms with Crippen molar-refractivity contribution in [2.75, 3.05) is 0 Å². The zero-order valence-corrected chi connectivity index (χ0v) is 19.9. The van der Waals surface area contributed by atoms with Gasteiger partial charge in [-0.1, -0.05) is 90.3 Å². The van der Waals surface area contributed by atoms with E-state index in [0.29, 0.717) is 5.56 Å². The van der Waals surface area contributed by atoms with Crippen molar-refractivity contribution >= 4 is 18.1 Å². The van der Waals surface area contributed by atoms with Crippen LogP contribution in [-0.2, 0) is 17.3 Å². The molecule has 0 saturated carbocycles. The van der Waals surface area contributed by atoms with Crippen LogP contribution >= 0.6 is 0 Å². The van der Waals surface area contributed by atoms with Crippen molar-refractivity contribution in [3.63, 3.8) is 0 Å². The molecule has 2 nitrogen and oxygen atoms in total. The van der Waals surface area contributed by atoms with Crippen molar-refractivity contribution in [3.8, 4) is 0 Å². The van der Waals surface area contributed by atoms with E-state index in [1.165, 1.54) is 60.8 Å². The van der Waals surface area contributed by atoms with Gasteiger partial charge in [-0.05, 0) is 76.5 Å². The molecule has 0 fully saturated rings. The summed E-state index contributed by atoms with van der Waals surface area (Å²) < 4.78 is 0. The molecule has 31 heavy (non-hydrogen) atoms. The molecule has 1 aliphatic carbocycles. The average Bonchev–Trinajstić information content (AvgIpc) is 2.73. The fourth-order valence-electron chi connectivity index (χ4n) is 4.71. The number of aromatic carboxylic acids is 1. The molecule has 166 valence electrons. The third-order valence-electron chi connectivity index (χ3n) is 7.03. The SMILES string of the molecule is CCCCCCc1cc2c(cc1/C=C/c1ccc(C(=O)O)cc1)C(C)(C)CCC2(C)C. The van der Waals surface area contributed by atoms with Gasteiger partial charge in [0.25, 0.3) is 0 Å². The molecule has 0 bridgehead atoms. The number of carbonyl (C=O) groups is 1. The number of carboxylic acids is 1. The van der Waals surface area contributed by atoms with Gasteiger partial charge in [0.15, 0.2) is 0 Å². The van der Waals surface area contributed by atoms with Crippen molar-refractivity contribution in [2.45, 2.75) is 90.4 Å². The van der Waals surface area contributed by atoms with Crippen LogP contribution in [0.1, 0.15) is 111 Å². The van der Waals surface area contributed by atoms with Gasteiger partial charge in [-0.3, -0.25) is 0 Å². The molecule has 2 heteroatoms. The maximum absolute atomic E-state index is 11.1. The molecule has 0 aliphatic heterocycles. The van der Waals surface area contributed by atoms with E-state index in [4.69, 9.17) is 5.11 Å². The Morgan fingerprint density at radius 3 is 2.10 bits per heavy atom. The van der Waals surface area contributed by atoms with E-state index in [2.05, 4.69) is 58.9 Å². The largest absolute Gasteiger partial charge is 0.478 e. The Morgan fingerprint density at radius 2 is 1.52 bits per heavy atom. The first-order chi connectivity index (χ1) is 14.6.